The predicted molar refractivity (Wildman–Crippen MR) is 91.9 cm³/mol. The summed E-state index contributed by atoms with van der Waals surface area (Å²) in [4.78, 5) is 2.65. The van der Waals surface area contributed by atoms with Gasteiger partial charge in [0.1, 0.15) is 0 Å². The molecule has 1 atom stereocenters. The summed E-state index contributed by atoms with van der Waals surface area (Å²) >= 11 is 0. The van der Waals surface area contributed by atoms with Gasteiger partial charge in [-0.3, -0.25) is 0 Å². The molecule has 118 valence electrons. The molecular formula is C19H32N2. The zero-order valence-electron chi connectivity index (χ0n) is 14.1. The monoisotopic (exact) mass is 288 g/mol. The smallest absolute Gasteiger partial charge is 0.0449 e. The van der Waals surface area contributed by atoms with Crippen molar-refractivity contribution in [2.24, 2.45) is 0 Å². The van der Waals surface area contributed by atoms with Crippen LogP contribution in [0.5, 0.6) is 0 Å². The van der Waals surface area contributed by atoms with Gasteiger partial charge in [-0.1, -0.05) is 57.9 Å². The van der Waals surface area contributed by atoms with Crippen LogP contribution in [-0.4, -0.2) is 31.1 Å². The lowest BCUT2D eigenvalue weighted by Gasteiger charge is -2.27. The zero-order chi connectivity index (χ0) is 15.1. The first-order valence-corrected chi connectivity index (χ1v) is 8.76. The highest BCUT2D eigenvalue weighted by atomic mass is 15.1. The zero-order valence-corrected chi connectivity index (χ0v) is 14.1. The van der Waals surface area contributed by atoms with E-state index in [1.807, 2.05) is 0 Å². The van der Waals surface area contributed by atoms with Gasteiger partial charge in [0.05, 0.1) is 0 Å². The molecule has 2 heteroatoms. The number of benzene rings is 1. The SMILES string of the molecule is CCNC(CN1CCCCCC1)c1ccc(C(C)C)cc1. The molecule has 1 aromatic rings. The molecule has 1 unspecified atom stereocenters. The van der Waals surface area contributed by atoms with Crippen LogP contribution in [0.4, 0.5) is 0 Å². The molecule has 0 saturated carbocycles. The number of likely N-dealkylation sites (N-methyl/N-ethyl adjacent to an activating group) is 1. The second-order valence-electron chi connectivity index (χ2n) is 6.65. The highest BCUT2D eigenvalue weighted by molar-refractivity contribution is 5.27. The van der Waals surface area contributed by atoms with Crippen LogP contribution >= 0.6 is 0 Å². The molecule has 1 N–H and O–H groups in total. The van der Waals surface area contributed by atoms with Crippen molar-refractivity contribution >= 4 is 0 Å². The molecule has 2 nitrogen and oxygen atoms in total. The molecule has 0 radical (unpaired) electrons. The minimum atomic E-state index is 0.467. The summed E-state index contributed by atoms with van der Waals surface area (Å²) in [5, 5.41) is 3.67. The molecule has 1 heterocycles. The molecule has 1 aliphatic rings. The minimum absolute atomic E-state index is 0.467. The van der Waals surface area contributed by atoms with E-state index in [0.29, 0.717) is 12.0 Å². The lowest BCUT2D eigenvalue weighted by atomic mass is 9.98. The molecule has 0 spiro atoms. The normalized spacial score (nSPS) is 18.7. The largest absolute Gasteiger partial charge is 0.309 e. The predicted octanol–water partition coefficient (Wildman–Crippen LogP) is 4.34. The Morgan fingerprint density at radius 3 is 2.05 bits per heavy atom. The van der Waals surface area contributed by atoms with E-state index in [9.17, 15) is 0 Å². The molecule has 21 heavy (non-hydrogen) atoms. The average molecular weight is 288 g/mol. The Kier molecular flexibility index (Phi) is 6.72. The first-order chi connectivity index (χ1) is 10.2. The third-order valence-corrected chi connectivity index (χ3v) is 4.60. The second kappa shape index (κ2) is 8.55. The van der Waals surface area contributed by atoms with E-state index in [1.165, 1.54) is 49.9 Å². The first kappa shape index (κ1) is 16.5. The molecule has 0 bridgehead atoms. The van der Waals surface area contributed by atoms with Crippen molar-refractivity contribution in [3.05, 3.63) is 35.4 Å². The summed E-state index contributed by atoms with van der Waals surface area (Å²) in [5.74, 6) is 0.613. The van der Waals surface area contributed by atoms with E-state index >= 15 is 0 Å². The van der Waals surface area contributed by atoms with Crippen molar-refractivity contribution in [1.82, 2.24) is 10.2 Å². The van der Waals surface area contributed by atoms with Gasteiger partial charge in [0.25, 0.3) is 0 Å². The summed E-state index contributed by atoms with van der Waals surface area (Å²) in [6.07, 6.45) is 5.55. The number of hydrogen-bond donors (Lipinski definition) is 1. The van der Waals surface area contributed by atoms with Crippen molar-refractivity contribution in [2.75, 3.05) is 26.2 Å². The topological polar surface area (TPSA) is 15.3 Å². The summed E-state index contributed by atoms with van der Waals surface area (Å²) in [5.41, 5.74) is 2.87. The molecule has 1 aromatic carbocycles. The maximum Gasteiger partial charge on any atom is 0.0449 e. The van der Waals surface area contributed by atoms with Crippen LogP contribution in [0, 0.1) is 0 Å². The van der Waals surface area contributed by atoms with Crippen LogP contribution in [0.2, 0.25) is 0 Å². The molecule has 0 aromatic heterocycles. The number of hydrogen-bond acceptors (Lipinski definition) is 2. The van der Waals surface area contributed by atoms with E-state index < -0.39 is 0 Å². The lowest BCUT2D eigenvalue weighted by Crippen LogP contribution is -2.35. The number of rotatable bonds is 6. The van der Waals surface area contributed by atoms with Crippen LogP contribution in [0.25, 0.3) is 0 Å². The van der Waals surface area contributed by atoms with E-state index in [1.54, 1.807) is 0 Å². The van der Waals surface area contributed by atoms with Crippen molar-refractivity contribution < 1.29 is 0 Å². The van der Waals surface area contributed by atoms with Crippen molar-refractivity contribution in [2.45, 2.75) is 58.4 Å². The van der Waals surface area contributed by atoms with Crippen LogP contribution in [0.15, 0.2) is 24.3 Å². The van der Waals surface area contributed by atoms with Gasteiger partial charge in [-0.25, -0.2) is 0 Å². The van der Waals surface area contributed by atoms with Crippen LogP contribution in [0.1, 0.15) is 69.5 Å². The van der Waals surface area contributed by atoms with E-state index in [4.69, 9.17) is 0 Å². The first-order valence-electron chi connectivity index (χ1n) is 8.76. The molecule has 1 aliphatic heterocycles. The fourth-order valence-electron chi connectivity index (χ4n) is 3.22. The third kappa shape index (κ3) is 5.12. The molecule has 1 fully saturated rings. The molecule has 0 aliphatic carbocycles. The van der Waals surface area contributed by atoms with Crippen molar-refractivity contribution in [3.8, 4) is 0 Å². The van der Waals surface area contributed by atoms with Gasteiger partial charge in [0.2, 0.25) is 0 Å². The number of nitrogens with one attached hydrogen (secondary N) is 1. The summed E-state index contributed by atoms with van der Waals surface area (Å²) in [7, 11) is 0. The van der Waals surface area contributed by atoms with E-state index in [2.05, 4.69) is 55.3 Å². The highest BCUT2D eigenvalue weighted by Crippen LogP contribution is 2.21. The van der Waals surface area contributed by atoms with Crippen LogP contribution < -0.4 is 5.32 Å². The fraction of sp³-hybridized carbons (Fsp3) is 0.684. The maximum absolute atomic E-state index is 3.67. The van der Waals surface area contributed by atoms with Gasteiger partial charge in [0.15, 0.2) is 0 Å². The fourth-order valence-corrected chi connectivity index (χ4v) is 3.22. The van der Waals surface area contributed by atoms with Crippen molar-refractivity contribution in [1.29, 1.82) is 0 Å². The standard InChI is InChI=1S/C19H32N2/c1-4-20-19(15-21-13-7-5-6-8-14-21)18-11-9-17(10-12-18)16(2)3/h9-12,16,19-20H,4-8,13-15H2,1-3H3. The van der Waals surface area contributed by atoms with Gasteiger partial charge >= 0.3 is 0 Å². The van der Waals surface area contributed by atoms with E-state index in [-0.39, 0.29) is 0 Å². The van der Waals surface area contributed by atoms with Gasteiger partial charge in [0, 0.05) is 12.6 Å². The Labute approximate surface area is 130 Å². The lowest BCUT2D eigenvalue weighted by molar-refractivity contribution is 0.252. The highest BCUT2D eigenvalue weighted by Gasteiger charge is 2.16. The minimum Gasteiger partial charge on any atom is -0.309 e. The van der Waals surface area contributed by atoms with Crippen LogP contribution in [0.3, 0.4) is 0 Å². The molecule has 2 rings (SSSR count). The van der Waals surface area contributed by atoms with E-state index in [0.717, 1.165) is 13.1 Å². The van der Waals surface area contributed by atoms with Gasteiger partial charge in [-0.15, -0.1) is 0 Å². The Morgan fingerprint density at radius 1 is 0.952 bits per heavy atom. The molecular weight excluding hydrogens is 256 g/mol. The molecule has 0 amide bonds. The summed E-state index contributed by atoms with van der Waals surface area (Å²) in [6, 6.07) is 9.70. The van der Waals surface area contributed by atoms with Gasteiger partial charge in [-0.2, -0.15) is 0 Å². The Bertz CT molecular complexity index is 389. The summed E-state index contributed by atoms with van der Waals surface area (Å²) < 4.78 is 0. The Hall–Kier alpha value is -0.860. The summed E-state index contributed by atoms with van der Waals surface area (Å²) in [6.45, 7) is 11.4. The quantitative estimate of drug-likeness (QED) is 0.838. The second-order valence-corrected chi connectivity index (χ2v) is 6.65. The van der Waals surface area contributed by atoms with Crippen LogP contribution in [-0.2, 0) is 0 Å². The molecule has 1 saturated heterocycles. The average Bonchev–Trinajstić information content (AvgIpc) is 2.75. The van der Waals surface area contributed by atoms with Gasteiger partial charge < -0.3 is 10.2 Å². The van der Waals surface area contributed by atoms with Crippen molar-refractivity contribution in [3.63, 3.8) is 0 Å². The maximum atomic E-state index is 3.67. The van der Waals surface area contributed by atoms with Gasteiger partial charge in [-0.05, 0) is 49.5 Å². The third-order valence-electron chi connectivity index (χ3n) is 4.60. The number of likely N-dealkylation sites (tertiary alicyclic amines) is 1. The Balaban J connectivity index is 2.02. The Morgan fingerprint density at radius 2 is 1.52 bits per heavy atom. The number of nitrogens with zero attached hydrogens (tertiary/aromatic N) is 1.